The first-order valence-corrected chi connectivity index (χ1v) is 8.33. The summed E-state index contributed by atoms with van der Waals surface area (Å²) >= 11 is 0. The maximum absolute atomic E-state index is 12.5. The Kier molecular flexibility index (Phi) is 6.85. The maximum atomic E-state index is 12.5. The summed E-state index contributed by atoms with van der Waals surface area (Å²) in [7, 11) is 0. The van der Waals surface area contributed by atoms with Crippen molar-refractivity contribution in [2.45, 2.75) is 18.8 Å². The monoisotopic (exact) mass is 434 g/mol. The molecule has 4 N–H and O–H groups in total. The number of nitrogen functional groups attached to an aromatic ring is 1. The molecule has 3 aromatic rings. The highest BCUT2D eigenvalue weighted by Crippen LogP contribution is 2.30. The number of fused-ring (bicyclic) bond motifs is 1. The topological polar surface area (TPSA) is 88.3 Å². The van der Waals surface area contributed by atoms with Crippen molar-refractivity contribution in [2.75, 3.05) is 12.3 Å². The predicted molar refractivity (Wildman–Crippen MR) is 97.0 cm³/mol. The SMILES string of the molecule is Nc1c[nH]c2ccc(CCOc3ccc(C(F)(F)F)cc3)cc12.O=C(O)C(F)(F)F. The summed E-state index contributed by atoms with van der Waals surface area (Å²) in [4.78, 5) is 12.0. The van der Waals surface area contributed by atoms with Gasteiger partial charge in [0.15, 0.2) is 0 Å². The molecule has 3 rings (SSSR count). The lowest BCUT2D eigenvalue weighted by molar-refractivity contribution is -0.192. The van der Waals surface area contributed by atoms with E-state index in [0.717, 1.165) is 28.6 Å². The van der Waals surface area contributed by atoms with Gasteiger partial charge >= 0.3 is 18.3 Å². The van der Waals surface area contributed by atoms with E-state index >= 15 is 0 Å². The Morgan fingerprint density at radius 2 is 1.63 bits per heavy atom. The molecule has 1 aromatic heterocycles. The van der Waals surface area contributed by atoms with Gasteiger partial charge < -0.3 is 20.6 Å². The number of carboxylic acids is 1. The first-order chi connectivity index (χ1) is 13.9. The zero-order chi connectivity index (χ0) is 22.5. The van der Waals surface area contributed by atoms with E-state index < -0.39 is 23.9 Å². The standard InChI is InChI=1S/C17H15F3N2O.C2HF3O2/c18-17(19,20)12-2-4-13(5-3-12)23-8-7-11-1-6-16-14(9-11)15(21)10-22-16;3-2(4,5)1(6)7/h1-6,9-10,22H,7-8,21H2;(H,6,7). The van der Waals surface area contributed by atoms with E-state index in [4.69, 9.17) is 20.4 Å². The molecular weight excluding hydrogens is 418 g/mol. The summed E-state index contributed by atoms with van der Waals surface area (Å²) in [5.41, 5.74) is 7.88. The number of hydrogen-bond acceptors (Lipinski definition) is 3. The van der Waals surface area contributed by atoms with Gasteiger partial charge in [0.05, 0.1) is 17.9 Å². The van der Waals surface area contributed by atoms with Crippen molar-refractivity contribution in [3.63, 3.8) is 0 Å². The Morgan fingerprint density at radius 3 is 2.17 bits per heavy atom. The van der Waals surface area contributed by atoms with Crippen LogP contribution in [0.4, 0.5) is 32.0 Å². The smallest absolute Gasteiger partial charge is 0.490 e. The number of alkyl halides is 6. The third-order valence-corrected chi connectivity index (χ3v) is 3.86. The van der Waals surface area contributed by atoms with Crippen LogP contribution in [0.15, 0.2) is 48.7 Å². The fourth-order valence-electron chi connectivity index (χ4n) is 2.37. The van der Waals surface area contributed by atoms with E-state index in [1.807, 2.05) is 18.2 Å². The van der Waals surface area contributed by atoms with Crippen LogP contribution in [-0.4, -0.2) is 28.8 Å². The fraction of sp³-hybridized carbons (Fsp3) is 0.211. The summed E-state index contributed by atoms with van der Waals surface area (Å²) in [6.07, 6.45) is -7.03. The number of H-pyrrole nitrogens is 1. The van der Waals surface area contributed by atoms with Crippen molar-refractivity contribution >= 4 is 22.6 Å². The largest absolute Gasteiger partial charge is 0.493 e. The summed E-state index contributed by atoms with van der Waals surface area (Å²) in [6, 6.07) is 10.6. The van der Waals surface area contributed by atoms with Gasteiger partial charge in [0.2, 0.25) is 0 Å². The molecule has 0 bridgehead atoms. The number of aromatic nitrogens is 1. The van der Waals surface area contributed by atoms with Crippen LogP contribution in [-0.2, 0) is 17.4 Å². The van der Waals surface area contributed by atoms with Gasteiger partial charge in [-0.25, -0.2) is 4.79 Å². The molecule has 2 aromatic carbocycles. The molecule has 0 spiro atoms. The summed E-state index contributed by atoms with van der Waals surface area (Å²) < 4.78 is 74.6. The van der Waals surface area contributed by atoms with Crippen molar-refractivity contribution in [3.05, 3.63) is 59.8 Å². The average Bonchev–Trinajstić information content (AvgIpc) is 3.02. The zero-order valence-electron chi connectivity index (χ0n) is 15.1. The highest BCUT2D eigenvalue weighted by Gasteiger charge is 2.38. The lowest BCUT2D eigenvalue weighted by Crippen LogP contribution is -2.21. The molecule has 11 heteroatoms. The minimum atomic E-state index is -5.08. The second kappa shape index (κ2) is 8.97. The molecule has 0 unspecified atom stereocenters. The normalized spacial score (nSPS) is 11.7. The van der Waals surface area contributed by atoms with Crippen LogP contribution in [0, 0.1) is 0 Å². The van der Waals surface area contributed by atoms with E-state index in [1.165, 1.54) is 12.1 Å². The molecule has 0 saturated heterocycles. The van der Waals surface area contributed by atoms with Crippen molar-refractivity contribution in [1.82, 2.24) is 4.98 Å². The molecule has 0 aliphatic heterocycles. The van der Waals surface area contributed by atoms with Crippen LogP contribution in [0.1, 0.15) is 11.1 Å². The molecule has 0 fully saturated rings. The molecule has 0 radical (unpaired) electrons. The van der Waals surface area contributed by atoms with Gasteiger partial charge in [0.1, 0.15) is 5.75 Å². The fourth-order valence-corrected chi connectivity index (χ4v) is 2.37. The van der Waals surface area contributed by atoms with Crippen molar-refractivity contribution < 1.29 is 41.0 Å². The molecular formula is C19H16F6N2O3. The maximum Gasteiger partial charge on any atom is 0.490 e. The van der Waals surface area contributed by atoms with E-state index in [2.05, 4.69) is 4.98 Å². The molecule has 0 amide bonds. The van der Waals surface area contributed by atoms with Gasteiger partial charge in [-0.15, -0.1) is 0 Å². The van der Waals surface area contributed by atoms with Gasteiger partial charge in [0.25, 0.3) is 0 Å². The number of benzene rings is 2. The minimum absolute atomic E-state index is 0.376. The van der Waals surface area contributed by atoms with E-state index in [1.54, 1.807) is 6.20 Å². The number of halogens is 6. The second-order valence-corrected chi connectivity index (χ2v) is 6.05. The Bertz CT molecular complexity index is 994. The van der Waals surface area contributed by atoms with Crippen molar-refractivity contribution in [2.24, 2.45) is 0 Å². The molecule has 1 heterocycles. The Balaban J connectivity index is 0.000000396. The number of aliphatic carboxylic acids is 1. The first kappa shape index (κ1) is 22.9. The van der Waals surface area contributed by atoms with Crippen LogP contribution in [0.2, 0.25) is 0 Å². The molecule has 30 heavy (non-hydrogen) atoms. The van der Waals surface area contributed by atoms with Gasteiger partial charge in [-0.1, -0.05) is 6.07 Å². The third-order valence-electron chi connectivity index (χ3n) is 3.86. The van der Waals surface area contributed by atoms with Gasteiger partial charge in [-0.3, -0.25) is 0 Å². The second-order valence-electron chi connectivity index (χ2n) is 6.05. The van der Waals surface area contributed by atoms with E-state index in [9.17, 15) is 26.3 Å². The molecule has 0 aliphatic carbocycles. The average molecular weight is 434 g/mol. The number of rotatable bonds is 4. The van der Waals surface area contributed by atoms with Crippen molar-refractivity contribution in [3.8, 4) is 5.75 Å². The third kappa shape index (κ3) is 6.33. The number of anilines is 1. The van der Waals surface area contributed by atoms with Crippen LogP contribution >= 0.6 is 0 Å². The molecule has 162 valence electrons. The number of carboxylic acid groups (broad SMARTS) is 1. The Hall–Kier alpha value is -3.37. The highest BCUT2D eigenvalue weighted by molar-refractivity contribution is 5.91. The molecule has 0 aliphatic rings. The Labute approximate surface area is 166 Å². The number of ether oxygens (including phenoxy) is 1. The number of aromatic amines is 1. The van der Waals surface area contributed by atoms with Gasteiger partial charge in [-0.2, -0.15) is 26.3 Å². The number of nitrogens with one attached hydrogen (secondary N) is 1. The molecule has 0 atom stereocenters. The van der Waals surface area contributed by atoms with Crippen molar-refractivity contribution in [1.29, 1.82) is 0 Å². The first-order valence-electron chi connectivity index (χ1n) is 8.33. The van der Waals surface area contributed by atoms with Gasteiger partial charge in [-0.05, 0) is 42.0 Å². The predicted octanol–water partition coefficient (Wildman–Crippen LogP) is 5.02. The van der Waals surface area contributed by atoms with Crippen LogP contribution in [0.3, 0.4) is 0 Å². The molecule has 5 nitrogen and oxygen atoms in total. The quantitative estimate of drug-likeness (QED) is 0.503. The summed E-state index contributed by atoms with van der Waals surface area (Å²) in [6.45, 7) is 0.376. The van der Waals surface area contributed by atoms with Gasteiger partial charge in [0, 0.05) is 23.5 Å². The van der Waals surface area contributed by atoms with Crippen LogP contribution < -0.4 is 10.5 Å². The summed E-state index contributed by atoms with van der Waals surface area (Å²) in [5.74, 6) is -2.34. The lowest BCUT2D eigenvalue weighted by atomic mass is 10.1. The van der Waals surface area contributed by atoms with Crippen LogP contribution in [0.25, 0.3) is 10.9 Å². The van der Waals surface area contributed by atoms with E-state index in [-0.39, 0.29) is 0 Å². The number of nitrogens with two attached hydrogens (primary N) is 1. The summed E-state index contributed by atoms with van der Waals surface area (Å²) in [5, 5.41) is 8.08. The zero-order valence-corrected chi connectivity index (χ0v) is 15.1. The minimum Gasteiger partial charge on any atom is -0.493 e. The van der Waals surface area contributed by atoms with Crippen LogP contribution in [0.5, 0.6) is 5.75 Å². The highest BCUT2D eigenvalue weighted by atomic mass is 19.4. The molecule has 0 saturated carbocycles. The van der Waals surface area contributed by atoms with E-state index in [0.29, 0.717) is 24.5 Å². The lowest BCUT2D eigenvalue weighted by Gasteiger charge is -2.09. The Morgan fingerprint density at radius 1 is 1.03 bits per heavy atom. The number of hydrogen-bond donors (Lipinski definition) is 3. The number of carbonyl (C=O) groups is 1.